The number of amides is 1. The molecule has 23 heavy (non-hydrogen) atoms. The van der Waals surface area contributed by atoms with Gasteiger partial charge in [0.15, 0.2) is 0 Å². The molecule has 1 aliphatic rings. The zero-order valence-corrected chi connectivity index (χ0v) is 13.1. The maximum absolute atomic E-state index is 12.3. The topological polar surface area (TPSA) is 52.6 Å². The third kappa shape index (κ3) is 4.18. The van der Waals surface area contributed by atoms with Crippen molar-refractivity contribution in [2.45, 2.75) is 13.0 Å². The fourth-order valence-corrected chi connectivity index (χ4v) is 3.00. The summed E-state index contributed by atoms with van der Waals surface area (Å²) in [5.41, 5.74) is 2.60. The molecule has 3 rings (SSSR count). The maximum atomic E-state index is 12.3. The molecule has 0 bridgehead atoms. The van der Waals surface area contributed by atoms with Crippen molar-refractivity contribution >= 4 is 11.6 Å². The number of nitrogens with one attached hydrogen (secondary N) is 1. The fourth-order valence-electron chi connectivity index (χ4n) is 3.00. The van der Waals surface area contributed by atoms with Gasteiger partial charge >= 0.3 is 0 Å². The van der Waals surface area contributed by atoms with Crippen LogP contribution in [0.2, 0.25) is 0 Å². The normalized spacial score (nSPS) is 18.0. The summed E-state index contributed by atoms with van der Waals surface area (Å²) in [4.78, 5) is 14.7. The van der Waals surface area contributed by atoms with Crippen molar-refractivity contribution in [1.29, 1.82) is 0 Å². The molecule has 1 unspecified atom stereocenters. The fraction of sp³-hybridized carbons (Fsp3) is 0.316. The van der Waals surface area contributed by atoms with Crippen LogP contribution in [0.5, 0.6) is 0 Å². The smallest absolute Gasteiger partial charge is 0.255 e. The van der Waals surface area contributed by atoms with E-state index in [1.165, 1.54) is 0 Å². The zero-order chi connectivity index (χ0) is 16.1. The highest BCUT2D eigenvalue weighted by Crippen LogP contribution is 2.19. The molecule has 1 amide bonds. The molecular weight excluding hydrogens is 288 g/mol. The predicted octanol–water partition coefficient (Wildman–Crippen LogP) is 2.75. The SMILES string of the molecule is O=C(Nc1ccccc1)c1cccc(CN2CCC(CO)C2)c1. The number of hydrogen-bond acceptors (Lipinski definition) is 3. The molecule has 2 aromatic rings. The minimum Gasteiger partial charge on any atom is -0.396 e. The van der Waals surface area contributed by atoms with Crippen molar-refractivity contribution in [1.82, 2.24) is 4.90 Å². The molecule has 0 radical (unpaired) electrons. The van der Waals surface area contributed by atoms with E-state index in [9.17, 15) is 9.90 Å². The number of hydrogen-bond donors (Lipinski definition) is 2. The lowest BCUT2D eigenvalue weighted by Crippen LogP contribution is -2.21. The summed E-state index contributed by atoms with van der Waals surface area (Å²) in [5, 5.41) is 12.1. The van der Waals surface area contributed by atoms with E-state index in [0.29, 0.717) is 11.5 Å². The molecule has 1 saturated heterocycles. The third-order valence-corrected chi connectivity index (χ3v) is 4.26. The first-order valence-corrected chi connectivity index (χ1v) is 8.03. The first-order chi connectivity index (χ1) is 11.2. The average Bonchev–Trinajstić information content (AvgIpc) is 3.03. The number of nitrogens with zero attached hydrogens (tertiary/aromatic N) is 1. The molecule has 2 aromatic carbocycles. The van der Waals surface area contributed by atoms with Gasteiger partial charge in [-0.25, -0.2) is 0 Å². The van der Waals surface area contributed by atoms with Gasteiger partial charge in [0, 0.05) is 30.9 Å². The first-order valence-electron chi connectivity index (χ1n) is 8.03. The number of likely N-dealkylation sites (tertiary alicyclic amines) is 1. The van der Waals surface area contributed by atoms with Crippen LogP contribution in [0.15, 0.2) is 54.6 Å². The van der Waals surface area contributed by atoms with Crippen molar-refractivity contribution in [3.63, 3.8) is 0 Å². The van der Waals surface area contributed by atoms with Crippen molar-refractivity contribution < 1.29 is 9.90 Å². The maximum Gasteiger partial charge on any atom is 0.255 e. The van der Waals surface area contributed by atoms with E-state index < -0.39 is 0 Å². The van der Waals surface area contributed by atoms with Gasteiger partial charge in [0.1, 0.15) is 0 Å². The minimum atomic E-state index is -0.0901. The Morgan fingerprint density at radius 2 is 2.00 bits per heavy atom. The van der Waals surface area contributed by atoms with Gasteiger partial charge in [-0.2, -0.15) is 0 Å². The number of carbonyl (C=O) groups excluding carboxylic acids is 1. The lowest BCUT2D eigenvalue weighted by atomic mass is 10.1. The Morgan fingerprint density at radius 1 is 1.17 bits per heavy atom. The number of benzene rings is 2. The number of aliphatic hydroxyl groups excluding tert-OH is 1. The van der Waals surface area contributed by atoms with E-state index in [4.69, 9.17) is 0 Å². The van der Waals surface area contributed by atoms with Crippen LogP contribution < -0.4 is 5.32 Å². The minimum absolute atomic E-state index is 0.0901. The van der Waals surface area contributed by atoms with Gasteiger partial charge in [0.2, 0.25) is 0 Å². The number of carbonyl (C=O) groups is 1. The van der Waals surface area contributed by atoms with Crippen molar-refractivity contribution in [3.05, 3.63) is 65.7 Å². The van der Waals surface area contributed by atoms with Crippen LogP contribution in [0.25, 0.3) is 0 Å². The van der Waals surface area contributed by atoms with Gasteiger partial charge in [-0.1, -0.05) is 30.3 Å². The van der Waals surface area contributed by atoms with Crippen LogP contribution in [0.1, 0.15) is 22.3 Å². The molecule has 4 heteroatoms. The molecule has 120 valence electrons. The predicted molar refractivity (Wildman–Crippen MR) is 91.3 cm³/mol. The molecule has 4 nitrogen and oxygen atoms in total. The molecule has 2 N–H and O–H groups in total. The van der Waals surface area contributed by atoms with Crippen molar-refractivity contribution in [2.24, 2.45) is 5.92 Å². The Hall–Kier alpha value is -2.17. The van der Waals surface area contributed by atoms with Crippen LogP contribution in [0.4, 0.5) is 5.69 Å². The van der Waals surface area contributed by atoms with E-state index in [1.807, 2.05) is 54.6 Å². The van der Waals surface area contributed by atoms with E-state index in [1.54, 1.807) is 0 Å². The monoisotopic (exact) mass is 310 g/mol. The number of rotatable bonds is 5. The molecular formula is C19H22N2O2. The second-order valence-electron chi connectivity index (χ2n) is 6.09. The van der Waals surface area contributed by atoms with Gasteiger partial charge in [-0.05, 0) is 48.7 Å². The first kappa shape index (κ1) is 15.7. The molecule has 0 saturated carbocycles. The molecule has 0 aromatic heterocycles. The standard InChI is InChI=1S/C19H22N2O2/c22-14-16-9-10-21(13-16)12-15-5-4-6-17(11-15)19(23)20-18-7-2-1-3-8-18/h1-8,11,16,22H,9-10,12-14H2,(H,20,23). The van der Waals surface area contributed by atoms with Crippen molar-refractivity contribution in [2.75, 3.05) is 25.0 Å². The Balaban J connectivity index is 1.64. The van der Waals surface area contributed by atoms with Gasteiger partial charge in [0.05, 0.1) is 0 Å². The lowest BCUT2D eigenvalue weighted by Gasteiger charge is -2.16. The van der Waals surface area contributed by atoms with Crippen LogP contribution >= 0.6 is 0 Å². The number of anilines is 1. The van der Waals surface area contributed by atoms with Gasteiger partial charge in [0.25, 0.3) is 5.91 Å². The quantitative estimate of drug-likeness (QED) is 0.893. The Bertz CT molecular complexity index is 657. The second kappa shape index (κ2) is 7.40. The Kier molecular flexibility index (Phi) is 5.05. The van der Waals surface area contributed by atoms with Crippen LogP contribution in [-0.4, -0.2) is 35.6 Å². The molecule has 1 heterocycles. The van der Waals surface area contributed by atoms with E-state index in [2.05, 4.69) is 10.2 Å². The summed E-state index contributed by atoms with van der Waals surface area (Å²) in [5.74, 6) is 0.298. The van der Waals surface area contributed by atoms with Crippen LogP contribution in [0.3, 0.4) is 0 Å². The average molecular weight is 310 g/mol. The highest BCUT2D eigenvalue weighted by atomic mass is 16.3. The van der Waals surface area contributed by atoms with Crippen molar-refractivity contribution in [3.8, 4) is 0 Å². The lowest BCUT2D eigenvalue weighted by molar-refractivity contribution is 0.102. The molecule has 1 fully saturated rings. The highest BCUT2D eigenvalue weighted by molar-refractivity contribution is 6.04. The van der Waals surface area contributed by atoms with E-state index >= 15 is 0 Å². The summed E-state index contributed by atoms with van der Waals surface area (Å²) < 4.78 is 0. The molecule has 1 atom stereocenters. The van der Waals surface area contributed by atoms with Crippen LogP contribution in [0, 0.1) is 5.92 Å². The summed E-state index contributed by atoms with van der Waals surface area (Å²) in [6.07, 6.45) is 1.05. The third-order valence-electron chi connectivity index (χ3n) is 4.26. The van der Waals surface area contributed by atoms with Crippen LogP contribution in [-0.2, 0) is 6.54 Å². The Morgan fingerprint density at radius 3 is 2.74 bits per heavy atom. The molecule has 1 aliphatic heterocycles. The molecule has 0 spiro atoms. The highest BCUT2D eigenvalue weighted by Gasteiger charge is 2.21. The Labute approximate surface area is 136 Å². The number of aliphatic hydroxyl groups is 1. The zero-order valence-electron chi connectivity index (χ0n) is 13.1. The summed E-state index contributed by atoms with van der Waals surface area (Å²) in [6.45, 7) is 3.02. The molecule has 0 aliphatic carbocycles. The van der Waals surface area contributed by atoms with Gasteiger partial charge in [-0.3, -0.25) is 9.69 Å². The summed E-state index contributed by atoms with van der Waals surface area (Å²) in [6, 6.07) is 17.2. The van der Waals surface area contributed by atoms with E-state index in [-0.39, 0.29) is 12.5 Å². The van der Waals surface area contributed by atoms with Gasteiger partial charge in [-0.15, -0.1) is 0 Å². The summed E-state index contributed by atoms with van der Waals surface area (Å²) >= 11 is 0. The number of para-hydroxylation sites is 1. The van der Waals surface area contributed by atoms with E-state index in [0.717, 1.165) is 37.3 Å². The van der Waals surface area contributed by atoms with Gasteiger partial charge < -0.3 is 10.4 Å². The largest absolute Gasteiger partial charge is 0.396 e. The second-order valence-corrected chi connectivity index (χ2v) is 6.09. The summed E-state index contributed by atoms with van der Waals surface area (Å²) in [7, 11) is 0.